The number of rotatable bonds is 9. The lowest BCUT2D eigenvalue weighted by atomic mass is 10.0. The highest BCUT2D eigenvalue weighted by atomic mass is 35.5. The van der Waals surface area contributed by atoms with Gasteiger partial charge in [0, 0.05) is 10.6 Å². The van der Waals surface area contributed by atoms with E-state index in [4.69, 9.17) is 26.8 Å². The summed E-state index contributed by atoms with van der Waals surface area (Å²) in [4.78, 5) is 36.4. The number of amides is 2. The van der Waals surface area contributed by atoms with Crippen molar-refractivity contribution in [3.05, 3.63) is 100 Å². The summed E-state index contributed by atoms with van der Waals surface area (Å²) in [6, 6.07) is 19.8. The fourth-order valence-electron chi connectivity index (χ4n) is 3.25. The van der Waals surface area contributed by atoms with Crippen molar-refractivity contribution < 1.29 is 23.9 Å². The number of benzene rings is 3. The Hall–Kier alpha value is -3.84. The molecule has 7 nitrogen and oxygen atoms in total. The molecule has 1 unspecified atom stereocenters. The number of halogens is 1. The first kappa shape index (κ1) is 23.8. The molecule has 0 aliphatic rings. The van der Waals surface area contributed by atoms with Gasteiger partial charge in [0.2, 0.25) is 0 Å². The van der Waals surface area contributed by atoms with Crippen molar-refractivity contribution in [3.63, 3.8) is 0 Å². The average molecular weight is 467 g/mol. The molecule has 2 amide bonds. The molecule has 1 atom stereocenters. The maximum absolute atomic E-state index is 13.0. The van der Waals surface area contributed by atoms with Crippen LogP contribution in [-0.4, -0.2) is 24.9 Å². The molecular weight excluding hydrogens is 444 g/mol. The lowest BCUT2D eigenvalue weighted by Crippen LogP contribution is -2.30. The lowest BCUT2D eigenvalue weighted by molar-refractivity contribution is -0.141. The number of methoxy groups -OCH3 is 1. The van der Waals surface area contributed by atoms with E-state index in [9.17, 15) is 14.4 Å². The number of hydrogen-bond donors (Lipinski definition) is 2. The topological polar surface area (TPSA) is 108 Å². The van der Waals surface area contributed by atoms with Crippen molar-refractivity contribution in [1.29, 1.82) is 0 Å². The summed E-state index contributed by atoms with van der Waals surface area (Å²) >= 11 is 6.28. The highest BCUT2D eigenvalue weighted by Gasteiger charge is 2.22. The number of nitrogens with two attached hydrogens (primary N) is 1. The molecule has 0 saturated heterocycles. The summed E-state index contributed by atoms with van der Waals surface area (Å²) in [5.74, 6) is -1.09. The number of hydrogen-bond acceptors (Lipinski definition) is 5. The minimum atomic E-state index is -0.666. The summed E-state index contributed by atoms with van der Waals surface area (Å²) < 4.78 is 10.5. The molecule has 0 aliphatic heterocycles. The fourth-order valence-corrected chi connectivity index (χ4v) is 3.51. The van der Waals surface area contributed by atoms with Crippen molar-refractivity contribution in [2.75, 3.05) is 7.11 Å². The van der Waals surface area contributed by atoms with Gasteiger partial charge < -0.3 is 20.5 Å². The quantitative estimate of drug-likeness (QED) is 0.462. The van der Waals surface area contributed by atoms with Gasteiger partial charge in [-0.2, -0.15) is 0 Å². The monoisotopic (exact) mass is 466 g/mol. The molecule has 3 aromatic carbocycles. The third-order valence-electron chi connectivity index (χ3n) is 4.92. The van der Waals surface area contributed by atoms with Crippen LogP contribution in [0.3, 0.4) is 0 Å². The maximum atomic E-state index is 13.0. The number of ether oxygens (including phenoxy) is 2. The lowest BCUT2D eigenvalue weighted by Gasteiger charge is -2.19. The van der Waals surface area contributed by atoms with E-state index in [0.29, 0.717) is 27.5 Å². The van der Waals surface area contributed by atoms with E-state index >= 15 is 0 Å². The van der Waals surface area contributed by atoms with E-state index in [0.717, 1.165) is 0 Å². The molecule has 0 heterocycles. The van der Waals surface area contributed by atoms with Gasteiger partial charge in [0.1, 0.15) is 12.4 Å². The van der Waals surface area contributed by atoms with Crippen LogP contribution in [0.15, 0.2) is 72.8 Å². The molecule has 33 heavy (non-hydrogen) atoms. The first-order valence-corrected chi connectivity index (χ1v) is 10.5. The van der Waals surface area contributed by atoms with Crippen LogP contribution >= 0.6 is 11.6 Å². The van der Waals surface area contributed by atoms with E-state index in [1.807, 2.05) is 0 Å². The van der Waals surface area contributed by atoms with E-state index in [1.54, 1.807) is 72.8 Å². The minimum absolute atomic E-state index is 0.0708. The van der Waals surface area contributed by atoms with Crippen LogP contribution in [-0.2, 0) is 16.1 Å². The molecule has 0 spiro atoms. The summed E-state index contributed by atoms with van der Waals surface area (Å²) in [5, 5.41) is 3.29. The van der Waals surface area contributed by atoms with E-state index in [1.165, 1.54) is 7.11 Å². The third kappa shape index (κ3) is 6.33. The molecule has 0 aliphatic carbocycles. The van der Waals surface area contributed by atoms with E-state index < -0.39 is 17.9 Å². The zero-order valence-corrected chi connectivity index (χ0v) is 18.7. The fraction of sp³-hybridized carbons (Fsp3) is 0.160. The summed E-state index contributed by atoms with van der Waals surface area (Å²) in [5.41, 5.74) is 7.36. The minimum Gasteiger partial charge on any atom is -0.488 e. The molecule has 8 heteroatoms. The highest BCUT2D eigenvalue weighted by molar-refractivity contribution is 6.31. The van der Waals surface area contributed by atoms with Crippen molar-refractivity contribution in [3.8, 4) is 5.75 Å². The molecule has 0 bridgehead atoms. The molecule has 3 N–H and O–H groups in total. The Bertz CT molecular complexity index is 1160. The average Bonchev–Trinajstić information content (AvgIpc) is 2.82. The smallest absolute Gasteiger partial charge is 0.307 e. The highest BCUT2D eigenvalue weighted by Crippen LogP contribution is 2.26. The van der Waals surface area contributed by atoms with Gasteiger partial charge in [-0.05, 0) is 41.5 Å². The van der Waals surface area contributed by atoms with Gasteiger partial charge in [-0.1, -0.05) is 54.1 Å². The van der Waals surface area contributed by atoms with Crippen LogP contribution in [0, 0.1) is 0 Å². The normalized spacial score (nSPS) is 11.3. The first-order valence-electron chi connectivity index (χ1n) is 10.1. The Balaban J connectivity index is 1.75. The summed E-state index contributed by atoms with van der Waals surface area (Å²) in [6.45, 7) is 0.127. The van der Waals surface area contributed by atoms with Gasteiger partial charge in [0.05, 0.1) is 25.1 Å². The van der Waals surface area contributed by atoms with Crippen molar-refractivity contribution in [2.45, 2.75) is 19.1 Å². The molecule has 170 valence electrons. The van der Waals surface area contributed by atoms with E-state index in [-0.39, 0.29) is 24.5 Å². The molecule has 3 aromatic rings. The molecule has 0 fully saturated rings. The van der Waals surface area contributed by atoms with Crippen molar-refractivity contribution in [1.82, 2.24) is 5.32 Å². The number of esters is 1. The van der Waals surface area contributed by atoms with Gasteiger partial charge in [-0.3, -0.25) is 14.4 Å². The second-order valence-electron chi connectivity index (χ2n) is 7.18. The van der Waals surface area contributed by atoms with Crippen LogP contribution in [0.2, 0.25) is 5.02 Å². The van der Waals surface area contributed by atoms with Crippen molar-refractivity contribution in [2.24, 2.45) is 5.73 Å². The number of para-hydroxylation sites is 1. The molecular formula is C25H23ClN2O5. The SMILES string of the molecule is COC(=O)CC(NC(=O)c1cccc(COc2ccccc2C(N)=O)c1)c1ccccc1Cl. The molecule has 0 saturated carbocycles. The zero-order chi connectivity index (χ0) is 23.8. The Labute approximate surface area is 196 Å². The second-order valence-corrected chi connectivity index (χ2v) is 7.58. The van der Waals surface area contributed by atoms with Crippen LogP contribution in [0.25, 0.3) is 0 Å². The van der Waals surface area contributed by atoms with Gasteiger partial charge >= 0.3 is 5.97 Å². The largest absolute Gasteiger partial charge is 0.488 e. The second kappa shape index (κ2) is 11.2. The summed E-state index contributed by atoms with van der Waals surface area (Å²) in [6.07, 6.45) is -0.0708. The molecule has 0 aromatic heterocycles. The first-order chi connectivity index (χ1) is 15.9. The van der Waals surface area contributed by atoms with Crippen LogP contribution in [0.1, 0.15) is 44.3 Å². The Kier molecular flexibility index (Phi) is 8.05. The Morgan fingerprint density at radius 3 is 2.45 bits per heavy atom. The van der Waals surface area contributed by atoms with Crippen LogP contribution in [0.5, 0.6) is 5.75 Å². The Morgan fingerprint density at radius 1 is 1.00 bits per heavy atom. The molecule has 3 rings (SSSR count). The maximum Gasteiger partial charge on any atom is 0.307 e. The van der Waals surface area contributed by atoms with Gasteiger partial charge in [-0.25, -0.2) is 0 Å². The predicted molar refractivity (Wildman–Crippen MR) is 124 cm³/mol. The van der Waals surface area contributed by atoms with Crippen LogP contribution < -0.4 is 15.8 Å². The Morgan fingerprint density at radius 2 is 1.73 bits per heavy atom. The summed E-state index contributed by atoms with van der Waals surface area (Å²) in [7, 11) is 1.29. The van der Waals surface area contributed by atoms with Gasteiger partial charge in [-0.15, -0.1) is 0 Å². The number of nitrogens with one attached hydrogen (secondary N) is 1. The van der Waals surface area contributed by atoms with Crippen molar-refractivity contribution >= 4 is 29.4 Å². The van der Waals surface area contributed by atoms with Crippen LogP contribution in [0.4, 0.5) is 0 Å². The van der Waals surface area contributed by atoms with Gasteiger partial charge in [0.25, 0.3) is 11.8 Å². The molecule has 0 radical (unpaired) electrons. The third-order valence-corrected chi connectivity index (χ3v) is 5.26. The zero-order valence-electron chi connectivity index (χ0n) is 17.9. The standard InChI is InChI=1S/C25H23ClN2O5/c1-32-23(29)14-21(18-9-2-4-11-20(18)26)28-25(31)17-8-6-7-16(13-17)15-33-22-12-5-3-10-19(22)24(27)30/h2-13,21H,14-15H2,1H3,(H2,27,30)(H,28,31). The number of primary amides is 1. The number of carbonyl (C=O) groups is 3. The van der Waals surface area contributed by atoms with E-state index in [2.05, 4.69) is 5.32 Å². The predicted octanol–water partition coefficient (Wildman–Crippen LogP) is 4.05. The van der Waals surface area contributed by atoms with Gasteiger partial charge in [0.15, 0.2) is 0 Å². The number of carbonyl (C=O) groups excluding carboxylic acids is 3.